The van der Waals surface area contributed by atoms with E-state index in [9.17, 15) is 9.18 Å². The van der Waals surface area contributed by atoms with Gasteiger partial charge in [-0.25, -0.2) is 9.37 Å². The first-order valence-electron chi connectivity index (χ1n) is 8.33. The molecule has 28 heavy (non-hydrogen) atoms. The first-order valence-corrected chi connectivity index (χ1v) is 8.71. The molecule has 3 aromatic carbocycles. The Bertz CT molecular complexity index is 1160. The molecule has 6 heteroatoms. The van der Waals surface area contributed by atoms with Gasteiger partial charge in [-0.15, -0.1) is 12.4 Å². The summed E-state index contributed by atoms with van der Waals surface area (Å²) in [6.45, 7) is 0. The van der Waals surface area contributed by atoms with E-state index >= 15 is 0 Å². The van der Waals surface area contributed by atoms with Gasteiger partial charge >= 0.3 is 0 Å². The minimum atomic E-state index is -0.487. The number of hydrogen-bond donors (Lipinski definition) is 1. The van der Waals surface area contributed by atoms with Crippen molar-refractivity contribution in [1.82, 2.24) is 4.98 Å². The second-order valence-electron chi connectivity index (χ2n) is 6.02. The summed E-state index contributed by atoms with van der Waals surface area (Å²) in [7, 11) is 0. The van der Waals surface area contributed by atoms with Crippen molar-refractivity contribution in [1.29, 1.82) is 0 Å². The van der Waals surface area contributed by atoms with Gasteiger partial charge in [-0.2, -0.15) is 0 Å². The van der Waals surface area contributed by atoms with Gasteiger partial charge < -0.3 is 5.32 Å². The second kappa shape index (κ2) is 8.38. The fourth-order valence-electron chi connectivity index (χ4n) is 2.91. The van der Waals surface area contributed by atoms with Gasteiger partial charge in [0.1, 0.15) is 5.82 Å². The first-order chi connectivity index (χ1) is 13.1. The molecule has 1 heterocycles. The van der Waals surface area contributed by atoms with Gasteiger partial charge in [0.2, 0.25) is 0 Å². The highest BCUT2D eigenvalue weighted by atomic mass is 35.5. The summed E-state index contributed by atoms with van der Waals surface area (Å²) in [5.41, 5.74) is 2.64. The zero-order chi connectivity index (χ0) is 18.8. The maximum Gasteiger partial charge on any atom is 0.256 e. The molecule has 0 bridgehead atoms. The van der Waals surface area contributed by atoms with Crippen molar-refractivity contribution in [2.45, 2.75) is 0 Å². The number of benzene rings is 3. The number of fused-ring (bicyclic) bond motifs is 1. The summed E-state index contributed by atoms with van der Waals surface area (Å²) in [5, 5.41) is 3.92. The van der Waals surface area contributed by atoms with Gasteiger partial charge in [0.25, 0.3) is 5.91 Å². The van der Waals surface area contributed by atoms with Gasteiger partial charge in [0.05, 0.1) is 22.5 Å². The smallest absolute Gasteiger partial charge is 0.256 e. The van der Waals surface area contributed by atoms with Crippen LogP contribution < -0.4 is 5.32 Å². The fraction of sp³-hybridized carbons (Fsp3) is 0. The van der Waals surface area contributed by atoms with Crippen LogP contribution in [0.15, 0.2) is 78.9 Å². The van der Waals surface area contributed by atoms with Crippen LogP contribution in [0.5, 0.6) is 0 Å². The summed E-state index contributed by atoms with van der Waals surface area (Å²) in [4.78, 5) is 17.5. The third-order valence-electron chi connectivity index (χ3n) is 4.20. The molecule has 0 aliphatic rings. The molecule has 4 aromatic rings. The number of carbonyl (C=O) groups is 1. The lowest BCUT2D eigenvalue weighted by Crippen LogP contribution is -2.14. The van der Waals surface area contributed by atoms with E-state index < -0.39 is 11.7 Å². The molecular weight excluding hydrogens is 398 g/mol. The Morgan fingerprint density at radius 1 is 0.929 bits per heavy atom. The number of para-hydroxylation sites is 2. The van der Waals surface area contributed by atoms with Gasteiger partial charge in [-0.05, 0) is 36.4 Å². The number of halogens is 3. The van der Waals surface area contributed by atoms with E-state index in [0.717, 1.165) is 5.56 Å². The number of nitrogens with zero attached hydrogens (tertiary/aromatic N) is 1. The van der Waals surface area contributed by atoms with Gasteiger partial charge in [-0.3, -0.25) is 4.79 Å². The molecule has 0 saturated heterocycles. The minimum absolute atomic E-state index is 0. The molecule has 1 aromatic heterocycles. The topological polar surface area (TPSA) is 42.0 Å². The monoisotopic (exact) mass is 412 g/mol. The molecule has 1 amide bonds. The Balaban J connectivity index is 0.00000225. The molecule has 3 nitrogen and oxygen atoms in total. The number of nitrogens with one attached hydrogen (secondary N) is 1. The maximum absolute atomic E-state index is 13.9. The van der Waals surface area contributed by atoms with Crippen LogP contribution in [0.2, 0.25) is 5.02 Å². The first kappa shape index (κ1) is 19.8. The average molecular weight is 413 g/mol. The SMILES string of the molecule is Cl.O=C(Nc1ccccc1F)c1cc(-c2cccc(Cl)c2)nc2ccccc12. The molecule has 0 unspecified atom stereocenters. The normalized spacial score (nSPS) is 10.4. The van der Waals surface area contributed by atoms with E-state index in [1.165, 1.54) is 12.1 Å². The van der Waals surface area contributed by atoms with Gasteiger partial charge in [0, 0.05) is 16.0 Å². The van der Waals surface area contributed by atoms with E-state index in [1.807, 2.05) is 36.4 Å². The Hall–Kier alpha value is -2.95. The van der Waals surface area contributed by atoms with Crippen LogP contribution in [0.1, 0.15) is 10.4 Å². The number of carbonyl (C=O) groups excluding carboxylic acids is 1. The van der Waals surface area contributed by atoms with Gasteiger partial charge in [0.15, 0.2) is 0 Å². The largest absolute Gasteiger partial charge is 0.319 e. The van der Waals surface area contributed by atoms with Crippen molar-refractivity contribution in [2.24, 2.45) is 0 Å². The molecule has 0 fully saturated rings. The zero-order valence-electron chi connectivity index (χ0n) is 14.5. The average Bonchev–Trinajstić information content (AvgIpc) is 2.69. The minimum Gasteiger partial charge on any atom is -0.319 e. The van der Waals surface area contributed by atoms with E-state index in [1.54, 1.807) is 30.3 Å². The number of rotatable bonds is 3. The highest BCUT2D eigenvalue weighted by molar-refractivity contribution is 6.30. The predicted octanol–water partition coefficient (Wildman–Crippen LogP) is 6.37. The lowest BCUT2D eigenvalue weighted by molar-refractivity contribution is 0.102. The molecular formula is C22H15Cl2FN2O. The zero-order valence-corrected chi connectivity index (χ0v) is 16.1. The Kier molecular flexibility index (Phi) is 5.93. The van der Waals surface area contributed by atoms with Crippen molar-refractivity contribution in [3.63, 3.8) is 0 Å². The summed E-state index contributed by atoms with van der Waals surface area (Å²) in [5.74, 6) is -0.888. The number of aromatic nitrogens is 1. The summed E-state index contributed by atoms with van der Waals surface area (Å²) < 4.78 is 13.9. The van der Waals surface area contributed by atoms with Crippen LogP contribution >= 0.6 is 24.0 Å². The molecule has 0 spiro atoms. The lowest BCUT2D eigenvalue weighted by atomic mass is 10.0. The lowest BCUT2D eigenvalue weighted by Gasteiger charge is -2.11. The molecule has 0 radical (unpaired) electrons. The highest BCUT2D eigenvalue weighted by Gasteiger charge is 2.15. The Morgan fingerprint density at radius 2 is 1.68 bits per heavy atom. The Labute approximate surface area is 172 Å². The third kappa shape index (κ3) is 3.98. The van der Waals surface area contributed by atoms with Crippen LogP contribution in [0.3, 0.4) is 0 Å². The van der Waals surface area contributed by atoms with E-state index in [0.29, 0.717) is 27.2 Å². The van der Waals surface area contributed by atoms with Crippen LogP contribution in [0.4, 0.5) is 10.1 Å². The van der Waals surface area contributed by atoms with Crippen molar-refractivity contribution < 1.29 is 9.18 Å². The predicted molar refractivity (Wildman–Crippen MR) is 114 cm³/mol. The fourth-order valence-corrected chi connectivity index (χ4v) is 3.10. The van der Waals surface area contributed by atoms with E-state index in [2.05, 4.69) is 10.3 Å². The van der Waals surface area contributed by atoms with E-state index in [-0.39, 0.29) is 18.1 Å². The standard InChI is InChI=1S/C22H14ClFN2O.ClH/c23-15-7-5-6-14(12-15)21-13-17(16-8-1-3-10-19(16)25-21)22(27)26-20-11-4-2-9-18(20)24;/h1-13H,(H,26,27);1H. The van der Waals surface area contributed by atoms with Crippen LogP contribution in [-0.4, -0.2) is 10.9 Å². The quantitative estimate of drug-likeness (QED) is 0.424. The van der Waals surface area contributed by atoms with Crippen LogP contribution in [0.25, 0.3) is 22.2 Å². The third-order valence-corrected chi connectivity index (χ3v) is 4.44. The highest BCUT2D eigenvalue weighted by Crippen LogP contribution is 2.27. The molecule has 4 rings (SSSR count). The number of hydrogen-bond acceptors (Lipinski definition) is 2. The van der Waals surface area contributed by atoms with Crippen molar-refractivity contribution in [2.75, 3.05) is 5.32 Å². The number of anilines is 1. The summed E-state index contributed by atoms with van der Waals surface area (Å²) in [6.07, 6.45) is 0. The summed E-state index contributed by atoms with van der Waals surface area (Å²) in [6, 6.07) is 22.4. The van der Waals surface area contributed by atoms with Crippen LogP contribution in [-0.2, 0) is 0 Å². The number of pyridine rings is 1. The van der Waals surface area contributed by atoms with Gasteiger partial charge in [-0.1, -0.05) is 54.1 Å². The van der Waals surface area contributed by atoms with Crippen molar-refractivity contribution >= 4 is 46.5 Å². The molecule has 0 aliphatic carbocycles. The van der Waals surface area contributed by atoms with Crippen molar-refractivity contribution in [3.05, 3.63) is 95.3 Å². The maximum atomic E-state index is 13.9. The molecule has 0 saturated carbocycles. The molecule has 140 valence electrons. The Morgan fingerprint density at radius 3 is 2.46 bits per heavy atom. The van der Waals surface area contributed by atoms with Crippen molar-refractivity contribution in [3.8, 4) is 11.3 Å². The van der Waals surface area contributed by atoms with E-state index in [4.69, 9.17) is 11.6 Å². The molecule has 0 atom stereocenters. The van der Waals surface area contributed by atoms with Crippen LogP contribution in [0, 0.1) is 5.82 Å². The number of amides is 1. The second-order valence-corrected chi connectivity index (χ2v) is 6.45. The molecule has 0 aliphatic heterocycles. The summed E-state index contributed by atoms with van der Waals surface area (Å²) >= 11 is 6.09. The molecule has 1 N–H and O–H groups in total.